The average molecular weight is 249 g/mol. The minimum Gasteiger partial charge on any atom is -0.476 e. The molecule has 0 heterocycles. The zero-order valence-electron chi connectivity index (χ0n) is 9.72. The Labute approximate surface area is 104 Å². The second-order valence-corrected chi connectivity index (χ2v) is 4.14. The van der Waals surface area contributed by atoms with Gasteiger partial charge in [-0.05, 0) is 36.5 Å². The summed E-state index contributed by atoms with van der Waals surface area (Å²) in [5.41, 5.74) is 8.25. The highest BCUT2D eigenvalue weighted by molar-refractivity contribution is 5.85. The van der Waals surface area contributed by atoms with E-state index in [-0.39, 0.29) is 5.88 Å². The van der Waals surface area contributed by atoms with Crippen molar-refractivity contribution < 1.29 is 14.6 Å². The van der Waals surface area contributed by atoms with Crippen molar-refractivity contribution in [3.05, 3.63) is 41.4 Å². The van der Waals surface area contributed by atoms with Crippen LogP contribution in [0.3, 0.4) is 0 Å². The van der Waals surface area contributed by atoms with Crippen molar-refractivity contribution in [3.63, 3.8) is 0 Å². The number of nitrogens with two attached hydrogens (primary N) is 2. The van der Waals surface area contributed by atoms with Gasteiger partial charge in [0.25, 0.3) is 0 Å². The van der Waals surface area contributed by atoms with Crippen LogP contribution in [0.1, 0.15) is 24.3 Å². The average Bonchev–Trinajstić information content (AvgIpc) is 3.20. The second-order valence-electron chi connectivity index (χ2n) is 4.14. The maximum Gasteiger partial charge on any atom is 0.357 e. The predicted molar refractivity (Wildman–Crippen MR) is 65.2 cm³/mol. The monoisotopic (exact) mass is 249 g/mol. The molecule has 0 saturated heterocycles. The van der Waals surface area contributed by atoms with Crippen LogP contribution >= 0.6 is 0 Å². The number of ether oxygens (including phenoxy) is 1. The first-order chi connectivity index (χ1) is 8.61. The molecule has 1 aliphatic rings. The third-order valence-corrected chi connectivity index (χ3v) is 2.75. The van der Waals surface area contributed by atoms with Crippen LogP contribution in [0.4, 0.5) is 0 Å². The molecule has 6 heteroatoms. The third kappa shape index (κ3) is 2.72. The van der Waals surface area contributed by atoms with E-state index in [4.69, 9.17) is 21.4 Å². The minimum atomic E-state index is -1.29. The molecule has 0 atom stereocenters. The van der Waals surface area contributed by atoms with Crippen LogP contribution in [-0.2, 0) is 4.79 Å². The number of hydrazine groups is 1. The predicted octanol–water partition coefficient (Wildman–Crippen LogP) is 0.618. The van der Waals surface area contributed by atoms with E-state index in [1.54, 1.807) is 12.1 Å². The lowest BCUT2D eigenvalue weighted by atomic mass is 10.1. The molecule has 1 aromatic rings. The molecule has 1 aliphatic carbocycles. The van der Waals surface area contributed by atoms with Crippen LogP contribution in [-0.4, -0.2) is 11.1 Å². The Morgan fingerprint density at radius 1 is 1.33 bits per heavy atom. The highest BCUT2D eigenvalue weighted by Gasteiger charge is 2.23. The largest absolute Gasteiger partial charge is 0.476 e. The topological polar surface area (TPSA) is 111 Å². The molecule has 0 amide bonds. The molecule has 6 N–H and O–H groups in total. The second kappa shape index (κ2) is 4.97. The molecule has 0 aliphatic heterocycles. The van der Waals surface area contributed by atoms with E-state index < -0.39 is 11.7 Å². The Hall–Kier alpha value is -2.21. The van der Waals surface area contributed by atoms with E-state index in [9.17, 15) is 4.79 Å². The lowest BCUT2D eigenvalue weighted by Crippen LogP contribution is -2.31. The molecular formula is C12H15N3O3. The first-order valence-electron chi connectivity index (χ1n) is 5.59. The summed E-state index contributed by atoms with van der Waals surface area (Å²) in [5.74, 6) is 4.84. The molecule has 0 aromatic heterocycles. The SMILES string of the molecule is NN/C(Oc1ccc(C2CC2)cc1)=C(\N)C(=O)O. The van der Waals surface area contributed by atoms with E-state index >= 15 is 0 Å². The van der Waals surface area contributed by atoms with E-state index in [0.29, 0.717) is 11.7 Å². The van der Waals surface area contributed by atoms with Crippen LogP contribution in [0, 0.1) is 0 Å². The van der Waals surface area contributed by atoms with Gasteiger partial charge in [-0.3, -0.25) is 5.43 Å². The van der Waals surface area contributed by atoms with E-state index in [0.717, 1.165) is 0 Å². The lowest BCUT2D eigenvalue weighted by Gasteiger charge is -2.10. The molecule has 6 nitrogen and oxygen atoms in total. The highest BCUT2D eigenvalue weighted by Crippen LogP contribution is 2.40. The Balaban J connectivity index is 2.11. The number of carbonyl (C=O) groups is 1. The third-order valence-electron chi connectivity index (χ3n) is 2.75. The summed E-state index contributed by atoms with van der Waals surface area (Å²) in [5, 5.41) is 8.73. The number of carboxylic acids is 1. The van der Waals surface area contributed by atoms with Gasteiger partial charge < -0.3 is 15.6 Å². The number of benzene rings is 1. The summed E-state index contributed by atoms with van der Waals surface area (Å²) in [6.45, 7) is 0. The van der Waals surface area contributed by atoms with Gasteiger partial charge >= 0.3 is 5.97 Å². The molecule has 0 unspecified atom stereocenters. The van der Waals surface area contributed by atoms with E-state index in [1.807, 2.05) is 12.1 Å². The van der Waals surface area contributed by atoms with Crippen molar-refractivity contribution in [1.29, 1.82) is 0 Å². The number of aliphatic carboxylic acids is 1. The van der Waals surface area contributed by atoms with Gasteiger partial charge in [0.15, 0.2) is 5.70 Å². The van der Waals surface area contributed by atoms with Crippen LogP contribution in [0.2, 0.25) is 0 Å². The van der Waals surface area contributed by atoms with Gasteiger partial charge in [0.1, 0.15) is 5.75 Å². The van der Waals surface area contributed by atoms with Crippen LogP contribution in [0.5, 0.6) is 5.75 Å². The van der Waals surface area contributed by atoms with Crippen molar-refractivity contribution in [2.24, 2.45) is 11.6 Å². The number of nitrogens with one attached hydrogen (secondary N) is 1. The summed E-state index contributed by atoms with van der Waals surface area (Å²) >= 11 is 0. The molecule has 96 valence electrons. The van der Waals surface area contributed by atoms with Gasteiger partial charge in [-0.15, -0.1) is 0 Å². The molecule has 1 fully saturated rings. The fourth-order valence-electron chi connectivity index (χ4n) is 1.60. The van der Waals surface area contributed by atoms with Gasteiger partial charge in [-0.25, -0.2) is 10.6 Å². The van der Waals surface area contributed by atoms with Crippen LogP contribution in [0.15, 0.2) is 35.8 Å². The van der Waals surface area contributed by atoms with Gasteiger partial charge in [0, 0.05) is 0 Å². The maximum absolute atomic E-state index is 10.7. The Kier molecular flexibility index (Phi) is 3.38. The van der Waals surface area contributed by atoms with Crippen LogP contribution in [0.25, 0.3) is 0 Å². The van der Waals surface area contributed by atoms with E-state index in [1.165, 1.54) is 18.4 Å². The van der Waals surface area contributed by atoms with Crippen LogP contribution < -0.4 is 21.7 Å². The fraction of sp³-hybridized carbons (Fsp3) is 0.250. The quantitative estimate of drug-likeness (QED) is 0.263. The Morgan fingerprint density at radius 2 is 1.94 bits per heavy atom. The summed E-state index contributed by atoms with van der Waals surface area (Å²) < 4.78 is 5.28. The first kappa shape index (κ1) is 12.3. The number of carboxylic acid groups (broad SMARTS) is 1. The smallest absolute Gasteiger partial charge is 0.357 e. The van der Waals surface area contributed by atoms with Crippen molar-refractivity contribution >= 4 is 5.97 Å². The van der Waals surface area contributed by atoms with Gasteiger partial charge in [0.05, 0.1) is 0 Å². The molecule has 2 rings (SSSR count). The maximum atomic E-state index is 10.7. The van der Waals surface area contributed by atoms with E-state index in [2.05, 4.69) is 5.43 Å². The summed E-state index contributed by atoms with van der Waals surface area (Å²) in [4.78, 5) is 10.7. The molecule has 0 bridgehead atoms. The summed E-state index contributed by atoms with van der Waals surface area (Å²) in [7, 11) is 0. The Morgan fingerprint density at radius 3 is 2.39 bits per heavy atom. The fourth-order valence-corrected chi connectivity index (χ4v) is 1.60. The zero-order valence-corrected chi connectivity index (χ0v) is 9.72. The first-order valence-corrected chi connectivity index (χ1v) is 5.59. The van der Waals surface area contributed by atoms with Gasteiger partial charge in [-0.1, -0.05) is 12.1 Å². The minimum absolute atomic E-state index is 0.179. The molecule has 1 saturated carbocycles. The number of hydrogen-bond donors (Lipinski definition) is 4. The van der Waals surface area contributed by atoms with Crippen molar-refractivity contribution in [3.8, 4) is 5.75 Å². The van der Waals surface area contributed by atoms with Crippen molar-refractivity contribution in [2.45, 2.75) is 18.8 Å². The standard InChI is InChI=1S/C12H15N3O3/c13-10(12(16)17)11(15-14)18-9-5-3-8(4-6-9)7-1-2-7/h3-7,15H,1-2,13-14H2,(H,16,17)/b11-10+. The summed E-state index contributed by atoms with van der Waals surface area (Å²) in [6, 6.07) is 7.44. The molecule has 0 spiro atoms. The van der Waals surface area contributed by atoms with Crippen molar-refractivity contribution in [2.75, 3.05) is 0 Å². The normalized spacial score (nSPS) is 15.8. The molecule has 0 radical (unpaired) electrons. The zero-order chi connectivity index (χ0) is 13.1. The lowest BCUT2D eigenvalue weighted by molar-refractivity contribution is -0.132. The molecular weight excluding hydrogens is 234 g/mol. The molecule has 1 aromatic carbocycles. The summed E-state index contributed by atoms with van der Waals surface area (Å²) in [6.07, 6.45) is 2.45. The molecule has 18 heavy (non-hydrogen) atoms. The number of rotatable bonds is 5. The van der Waals surface area contributed by atoms with Gasteiger partial charge in [0.2, 0.25) is 5.88 Å². The Bertz CT molecular complexity index is 478. The van der Waals surface area contributed by atoms with Crippen molar-refractivity contribution in [1.82, 2.24) is 5.43 Å². The highest BCUT2D eigenvalue weighted by atomic mass is 16.5. The van der Waals surface area contributed by atoms with Gasteiger partial charge in [-0.2, -0.15) is 0 Å². The number of hydrogen-bond acceptors (Lipinski definition) is 5.